The molecule has 0 amide bonds. The van der Waals surface area contributed by atoms with Gasteiger partial charge in [-0.2, -0.15) is 0 Å². The lowest BCUT2D eigenvalue weighted by Crippen LogP contribution is -2.47. The summed E-state index contributed by atoms with van der Waals surface area (Å²) in [4.78, 5) is 15.9. The summed E-state index contributed by atoms with van der Waals surface area (Å²) in [6, 6.07) is 0. The minimum atomic E-state index is -0.598. The molecule has 1 N–H and O–H groups in total. The molecule has 4 nitrogen and oxygen atoms in total. The SMILES string of the molecule is CN1CCC(CN(C)CC2(C(=O)O)CCC2)C1. The molecule has 1 saturated carbocycles. The van der Waals surface area contributed by atoms with Gasteiger partial charge in [0.05, 0.1) is 5.41 Å². The Balaban J connectivity index is 1.80. The Kier molecular flexibility index (Phi) is 3.73. The van der Waals surface area contributed by atoms with Crippen molar-refractivity contribution in [3.63, 3.8) is 0 Å². The van der Waals surface area contributed by atoms with Crippen LogP contribution in [0.15, 0.2) is 0 Å². The summed E-state index contributed by atoms with van der Waals surface area (Å²) in [5.41, 5.74) is -0.431. The fourth-order valence-electron chi connectivity index (χ4n) is 3.24. The van der Waals surface area contributed by atoms with Crippen LogP contribution in [0.3, 0.4) is 0 Å². The van der Waals surface area contributed by atoms with Gasteiger partial charge in [0.25, 0.3) is 0 Å². The molecule has 98 valence electrons. The van der Waals surface area contributed by atoms with Gasteiger partial charge in [0.15, 0.2) is 0 Å². The van der Waals surface area contributed by atoms with Gasteiger partial charge in [-0.15, -0.1) is 0 Å². The molecule has 1 aliphatic heterocycles. The zero-order valence-electron chi connectivity index (χ0n) is 11.0. The van der Waals surface area contributed by atoms with Gasteiger partial charge in [0.1, 0.15) is 0 Å². The maximum atomic E-state index is 11.3. The van der Waals surface area contributed by atoms with Crippen molar-refractivity contribution in [2.24, 2.45) is 11.3 Å². The van der Waals surface area contributed by atoms with Crippen molar-refractivity contribution in [2.75, 3.05) is 40.3 Å². The third-order valence-corrected chi connectivity index (χ3v) is 4.40. The van der Waals surface area contributed by atoms with E-state index in [0.29, 0.717) is 0 Å². The molecule has 1 saturated heterocycles. The average Bonchev–Trinajstić information content (AvgIpc) is 2.57. The second-order valence-corrected chi connectivity index (χ2v) is 6.05. The summed E-state index contributed by atoms with van der Waals surface area (Å²) in [6.45, 7) is 4.11. The topological polar surface area (TPSA) is 43.8 Å². The number of hydrogen-bond donors (Lipinski definition) is 1. The van der Waals surface area contributed by atoms with Crippen LogP contribution in [0.25, 0.3) is 0 Å². The smallest absolute Gasteiger partial charge is 0.310 e. The van der Waals surface area contributed by atoms with E-state index in [0.717, 1.165) is 44.8 Å². The van der Waals surface area contributed by atoms with E-state index in [1.165, 1.54) is 13.0 Å². The highest BCUT2D eigenvalue weighted by Crippen LogP contribution is 2.41. The highest BCUT2D eigenvalue weighted by Gasteiger charge is 2.45. The summed E-state index contributed by atoms with van der Waals surface area (Å²) in [5, 5.41) is 9.30. The van der Waals surface area contributed by atoms with E-state index in [4.69, 9.17) is 0 Å². The first kappa shape index (κ1) is 12.8. The van der Waals surface area contributed by atoms with Crippen LogP contribution >= 0.6 is 0 Å². The lowest BCUT2D eigenvalue weighted by atomic mass is 9.68. The second kappa shape index (κ2) is 4.94. The number of nitrogens with zero attached hydrogens (tertiary/aromatic N) is 2. The molecule has 2 fully saturated rings. The Morgan fingerprint density at radius 2 is 2.24 bits per heavy atom. The molecule has 0 spiro atoms. The average molecular weight is 240 g/mol. The van der Waals surface area contributed by atoms with E-state index in [9.17, 15) is 9.90 Å². The van der Waals surface area contributed by atoms with Crippen LogP contribution in [0.4, 0.5) is 0 Å². The molecule has 2 aliphatic rings. The minimum Gasteiger partial charge on any atom is -0.481 e. The Morgan fingerprint density at radius 3 is 2.65 bits per heavy atom. The molecule has 1 unspecified atom stereocenters. The number of aliphatic carboxylic acids is 1. The first-order chi connectivity index (χ1) is 8.02. The van der Waals surface area contributed by atoms with E-state index in [1.54, 1.807) is 0 Å². The summed E-state index contributed by atoms with van der Waals surface area (Å²) in [5.74, 6) is 0.120. The standard InChI is InChI=1S/C13H24N2O2/c1-14-7-4-11(8-14)9-15(2)10-13(12(16)17)5-3-6-13/h11H,3-10H2,1-2H3,(H,16,17). The molecule has 17 heavy (non-hydrogen) atoms. The quantitative estimate of drug-likeness (QED) is 0.782. The maximum Gasteiger partial charge on any atom is 0.310 e. The van der Waals surface area contributed by atoms with Crippen LogP contribution in [0.2, 0.25) is 0 Å². The Hall–Kier alpha value is -0.610. The van der Waals surface area contributed by atoms with E-state index in [-0.39, 0.29) is 0 Å². The highest BCUT2D eigenvalue weighted by atomic mass is 16.4. The molecule has 0 radical (unpaired) electrons. The normalized spacial score (nSPS) is 28.3. The number of carbonyl (C=O) groups is 1. The molecule has 1 heterocycles. The van der Waals surface area contributed by atoms with Crippen molar-refractivity contribution in [3.05, 3.63) is 0 Å². The zero-order valence-corrected chi connectivity index (χ0v) is 11.0. The fraction of sp³-hybridized carbons (Fsp3) is 0.923. The fourth-order valence-corrected chi connectivity index (χ4v) is 3.24. The van der Waals surface area contributed by atoms with Crippen LogP contribution in [0.1, 0.15) is 25.7 Å². The molecule has 4 heteroatoms. The van der Waals surface area contributed by atoms with Crippen LogP contribution in [0, 0.1) is 11.3 Å². The number of carboxylic acid groups (broad SMARTS) is 1. The summed E-state index contributed by atoms with van der Waals surface area (Å²) >= 11 is 0. The molecule has 0 aromatic rings. The van der Waals surface area contributed by atoms with Crippen molar-refractivity contribution in [2.45, 2.75) is 25.7 Å². The van der Waals surface area contributed by atoms with Gasteiger partial charge < -0.3 is 14.9 Å². The lowest BCUT2D eigenvalue weighted by Gasteiger charge is -2.40. The van der Waals surface area contributed by atoms with Crippen molar-refractivity contribution in [3.8, 4) is 0 Å². The van der Waals surface area contributed by atoms with Gasteiger partial charge in [-0.1, -0.05) is 6.42 Å². The van der Waals surface area contributed by atoms with Gasteiger partial charge in [-0.05, 0) is 45.8 Å². The molecular weight excluding hydrogens is 216 g/mol. The van der Waals surface area contributed by atoms with Gasteiger partial charge in [0, 0.05) is 19.6 Å². The van der Waals surface area contributed by atoms with Crippen molar-refractivity contribution < 1.29 is 9.90 Å². The number of rotatable bonds is 5. The predicted molar refractivity (Wildman–Crippen MR) is 67.0 cm³/mol. The monoisotopic (exact) mass is 240 g/mol. The zero-order chi connectivity index (χ0) is 12.5. The summed E-state index contributed by atoms with van der Waals surface area (Å²) < 4.78 is 0. The molecule has 0 aromatic heterocycles. The predicted octanol–water partition coefficient (Wildman–Crippen LogP) is 1.12. The number of likely N-dealkylation sites (tertiary alicyclic amines) is 1. The highest BCUT2D eigenvalue weighted by molar-refractivity contribution is 5.76. The van der Waals surface area contributed by atoms with Crippen molar-refractivity contribution in [1.82, 2.24) is 9.80 Å². The van der Waals surface area contributed by atoms with Crippen LogP contribution in [-0.2, 0) is 4.79 Å². The first-order valence-corrected chi connectivity index (χ1v) is 6.62. The van der Waals surface area contributed by atoms with E-state index in [1.807, 2.05) is 0 Å². The van der Waals surface area contributed by atoms with Crippen LogP contribution < -0.4 is 0 Å². The first-order valence-electron chi connectivity index (χ1n) is 6.62. The Morgan fingerprint density at radius 1 is 1.53 bits per heavy atom. The van der Waals surface area contributed by atoms with Crippen LogP contribution in [0.5, 0.6) is 0 Å². The van der Waals surface area contributed by atoms with Crippen molar-refractivity contribution >= 4 is 5.97 Å². The van der Waals surface area contributed by atoms with Gasteiger partial charge in [-0.3, -0.25) is 4.79 Å². The minimum absolute atomic E-state index is 0.431. The summed E-state index contributed by atoms with van der Waals surface area (Å²) in [6.07, 6.45) is 4.04. The van der Waals surface area contributed by atoms with E-state index in [2.05, 4.69) is 23.9 Å². The number of hydrogen-bond acceptors (Lipinski definition) is 3. The van der Waals surface area contributed by atoms with Crippen molar-refractivity contribution in [1.29, 1.82) is 0 Å². The third kappa shape index (κ3) is 2.80. The van der Waals surface area contributed by atoms with E-state index >= 15 is 0 Å². The molecule has 0 bridgehead atoms. The largest absolute Gasteiger partial charge is 0.481 e. The molecule has 1 aliphatic carbocycles. The Bertz CT molecular complexity index is 289. The van der Waals surface area contributed by atoms with Crippen LogP contribution in [-0.4, -0.2) is 61.2 Å². The number of carboxylic acids is 1. The van der Waals surface area contributed by atoms with E-state index < -0.39 is 11.4 Å². The van der Waals surface area contributed by atoms with Gasteiger partial charge in [0.2, 0.25) is 0 Å². The maximum absolute atomic E-state index is 11.3. The molecule has 0 aromatic carbocycles. The molecular formula is C13H24N2O2. The Labute approximate surface area is 104 Å². The van der Waals surface area contributed by atoms with Gasteiger partial charge in [-0.25, -0.2) is 0 Å². The second-order valence-electron chi connectivity index (χ2n) is 6.05. The third-order valence-electron chi connectivity index (χ3n) is 4.40. The molecule has 1 atom stereocenters. The summed E-state index contributed by atoms with van der Waals surface area (Å²) in [7, 11) is 4.23. The lowest BCUT2D eigenvalue weighted by molar-refractivity contribution is -0.156. The molecule has 2 rings (SSSR count). The van der Waals surface area contributed by atoms with Gasteiger partial charge >= 0.3 is 5.97 Å².